The van der Waals surface area contributed by atoms with Crippen molar-refractivity contribution in [2.75, 3.05) is 7.05 Å². The second kappa shape index (κ2) is 6.84. The third-order valence-corrected chi connectivity index (χ3v) is 6.06. The van der Waals surface area contributed by atoms with Crippen molar-refractivity contribution in [3.05, 3.63) is 27.7 Å². The zero-order chi connectivity index (χ0) is 15.6. The Morgan fingerprint density at radius 2 is 2.00 bits per heavy atom. The third kappa shape index (κ3) is 4.33. The highest BCUT2D eigenvalue weighted by Gasteiger charge is 2.27. The van der Waals surface area contributed by atoms with Gasteiger partial charge < -0.3 is 5.32 Å². The van der Waals surface area contributed by atoms with Crippen LogP contribution in [0.25, 0.3) is 0 Å². The molecule has 4 nitrogen and oxygen atoms in total. The predicted octanol–water partition coefficient (Wildman–Crippen LogP) is 3.18. The fraction of sp³-hybridized carbons (Fsp3) is 0.571. The molecule has 1 fully saturated rings. The molecule has 2 N–H and O–H groups in total. The van der Waals surface area contributed by atoms with Gasteiger partial charge in [-0.15, -0.1) is 0 Å². The van der Waals surface area contributed by atoms with Crippen molar-refractivity contribution in [1.29, 1.82) is 0 Å². The van der Waals surface area contributed by atoms with Crippen molar-refractivity contribution < 1.29 is 8.42 Å². The van der Waals surface area contributed by atoms with Gasteiger partial charge in [-0.3, -0.25) is 0 Å². The van der Waals surface area contributed by atoms with Gasteiger partial charge in [0, 0.05) is 23.2 Å². The molecular weight excluding hydrogens is 331 g/mol. The van der Waals surface area contributed by atoms with E-state index in [1.54, 1.807) is 13.1 Å². The van der Waals surface area contributed by atoms with E-state index in [1.807, 2.05) is 6.92 Å². The summed E-state index contributed by atoms with van der Waals surface area (Å²) in [6.07, 6.45) is 3.26. The number of rotatable bonds is 7. The summed E-state index contributed by atoms with van der Waals surface area (Å²) in [5, 5.41) is 3.58. The average Bonchev–Trinajstić information content (AvgIpc) is 3.17. The van der Waals surface area contributed by atoms with E-state index >= 15 is 0 Å². The molecule has 1 unspecified atom stereocenters. The van der Waals surface area contributed by atoms with Crippen molar-refractivity contribution in [3.8, 4) is 0 Å². The van der Waals surface area contributed by atoms with Crippen LogP contribution in [0.1, 0.15) is 31.7 Å². The van der Waals surface area contributed by atoms with E-state index in [1.165, 1.54) is 18.9 Å². The summed E-state index contributed by atoms with van der Waals surface area (Å²) >= 11 is 12.3. The average molecular weight is 351 g/mol. The number of hydrogen-bond acceptors (Lipinski definition) is 3. The fourth-order valence-electron chi connectivity index (χ4n) is 2.35. The molecule has 1 atom stereocenters. The summed E-state index contributed by atoms with van der Waals surface area (Å²) in [5.74, 6) is 0.656. The van der Waals surface area contributed by atoms with Crippen molar-refractivity contribution >= 4 is 33.2 Å². The van der Waals surface area contributed by atoms with Gasteiger partial charge in [-0.05, 0) is 38.4 Å². The van der Waals surface area contributed by atoms with Crippen LogP contribution in [-0.2, 0) is 16.6 Å². The lowest BCUT2D eigenvalue weighted by Gasteiger charge is -2.16. The lowest BCUT2D eigenvalue weighted by Crippen LogP contribution is -2.33. The Morgan fingerprint density at radius 3 is 2.57 bits per heavy atom. The zero-order valence-corrected chi connectivity index (χ0v) is 14.4. The van der Waals surface area contributed by atoms with Gasteiger partial charge in [0.05, 0.1) is 5.02 Å². The molecule has 0 spiro atoms. The molecular formula is C14H20Cl2N2O2S. The minimum Gasteiger partial charge on any atom is -0.316 e. The highest BCUT2D eigenvalue weighted by Crippen LogP contribution is 2.34. The largest absolute Gasteiger partial charge is 0.316 e. The zero-order valence-electron chi connectivity index (χ0n) is 12.1. The first-order valence-corrected chi connectivity index (χ1v) is 9.23. The Hall–Kier alpha value is -0.330. The van der Waals surface area contributed by atoms with Gasteiger partial charge in [0.15, 0.2) is 0 Å². The molecule has 1 aromatic carbocycles. The Labute approximate surface area is 136 Å². The molecule has 2 rings (SSSR count). The summed E-state index contributed by atoms with van der Waals surface area (Å²) in [6.45, 7) is 2.30. The summed E-state index contributed by atoms with van der Waals surface area (Å²) in [6, 6.07) is 2.93. The van der Waals surface area contributed by atoms with Crippen molar-refractivity contribution in [2.45, 2.75) is 43.7 Å². The quantitative estimate of drug-likeness (QED) is 0.793. The van der Waals surface area contributed by atoms with Crippen molar-refractivity contribution in [1.82, 2.24) is 10.0 Å². The molecule has 1 aromatic rings. The molecule has 0 aromatic heterocycles. The SMILES string of the molecule is CNCc1c(Cl)ccc(S(=O)(=O)NC(C)CC2CC2)c1Cl. The minimum atomic E-state index is -3.63. The first-order valence-electron chi connectivity index (χ1n) is 6.99. The van der Waals surface area contributed by atoms with Gasteiger partial charge in [-0.2, -0.15) is 0 Å². The van der Waals surface area contributed by atoms with E-state index in [2.05, 4.69) is 10.0 Å². The van der Waals surface area contributed by atoms with Crippen LogP contribution in [0.5, 0.6) is 0 Å². The highest BCUT2D eigenvalue weighted by molar-refractivity contribution is 7.89. The smallest absolute Gasteiger partial charge is 0.242 e. The molecule has 0 bridgehead atoms. The van der Waals surface area contributed by atoms with Crippen LogP contribution >= 0.6 is 23.2 Å². The molecule has 21 heavy (non-hydrogen) atoms. The van der Waals surface area contributed by atoms with Crippen LogP contribution in [0, 0.1) is 5.92 Å². The number of benzene rings is 1. The highest BCUT2D eigenvalue weighted by atomic mass is 35.5. The van der Waals surface area contributed by atoms with Crippen molar-refractivity contribution in [2.24, 2.45) is 5.92 Å². The minimum absolute atomic E-state index is 0.0847. The number of sulfonamides is 1. The molecule has 0 saturated heterocycles. The van der Waals surface area contributed by atoms with Crippen LogP contribution < -0.4 is 10.0 Å². The normalized spacial score (nSPS) is 17.0. The van der Waals surface area contributed by atoms with E-state index < -0.39 is 10.0 Å². The third-order valence-electron chi connectivity index (χ3n) is 3.53. The van der Waals surface area contributed by atoms with Gasteiger partial charge in [-0.1, -0.05) is 36.0 Å². The molecule has 0 aliphatic heterocycles. The monoisotopic (exact) mass is 350 g/mol. The van der Waals surface area contributed by atoms with E-state index in [4.69, 9.17) is 23.2 Å². The van der Waals surface area contributed by atoms with Gasteiger partial charge in [0.25, 0.3) is 0 Å². The lowest BCUT2D eigenvalue weighted by atomic mass is 10.2. The summed E-state index contributed by atoms with van der Waals surface area (Å²) < 4.78 is 27.6. The van der Waals surface area contributed by atoms with Crippen LogP contribution in [-0.4, -0.2) is 21.5 Å². The topological polar surface area (TPSA) is 58.2 Å². The maximum Gasteiger partial charge on any atom is 0.242 e. The number of nitrogens with one attached hydrogen (secondary N) is 2. The second-order valence-corrected chi connectivity index (χ2v) is 8.04. The first-order chi connectivity index (χ1) is 9.85. The van der Waals surface area contributed by atoms with E-state index in [0.717, 1.165) is 6.42 Å². The van der Waals surface area contributed by atoms with Gasteiger partial charge in [0.1, 0.15) is 4.90 Å². The van der Waals surface area contributed by atoms with Crippen LogP contribution in [0.4, 0.5) is 0 Å². The number of halogens is 2. The van der Waals surface area contributed by atoms with Gasteiger partial charge in [-0.25, -0.2) is 13.1 Å². The molecule has 1 aliphatic carbocycles. The summed E-state index contributed by atoms with van der Waals surface area (Å²) in [5.41, 5.74) is 0.596. The fourth-order valence-corrected chi connectivity index (χ4v) is 4.52. The standard InChI is InChI=1S/C14H20Cl2N2O2S/c1-9(7-10-3-4-10)18-21(19,20)13-6-5-12(15)11(8-17-2)14(13)16/h5-6,9-10,17-18H,3-4,7-8H2,1-2H3. The van der Waals surface area contributed by atoms with Crippen LogP contribution in [0.15, 0.2) is 17.0 Å². The van der Waals surface area contributed by atoms with Crippen LogP contribution in [0.3, 0.4) is 0 Å². The molecule has 1 aliphatic rings. The molecule has 118 valence electrons. The summed E-state index contributed by atoms with van der Waals surface area (Å²) in [7, 11) is -1.88. The maximum atomic E-state index is 12.5. The predicted molar refractivity (Wildman–Crippen MR) is 86.4 cm³/mol. The number of hydrogen-bond donors (Lipinski definition) is 2. The van der Waals surface area contributed by atoms with E-state index in [-0.39, 0.29) is 16.0 Å². The molecule has 0 radical (unpaired) electrons. The molecule has 7 heteroatoms. The summed E-state index contributed by atoms with van der Waals surface area (Å²) in [4.78, 5) is 0.0847. The second-order valence-electron chi connectivity index (χ2n) is 5.57. The van der Waals surface area contributed by atoms with E-state index in [0.29, 0.717) is 23.0 Å². The van der Waals surface area contributed by atoms with Gasteiger partial charge in [0.2, 0.25) is 10.0 Å². The van der Waals surface area contributed by atoms with E-state index in [9.17, 15) is 8.42 Å². The van der Waals surface area contributed by atoms with Crippen LogP contribution in [0.2, 0.25) is 10.0 Å². The Bertz CT molecular complexity index is 616. The Morgan fingerprint density at radius 1 is 1.33 bits per heavy atom. The van der Waals surface area contributed by atoms with Gasteiger partial charge >= 0.3 is 0 Å². The Balaban J connectivity index is 2.24. The molecule has 0 heterocycles. The van der Waals surface area contributed by atoms with Crippen molar-refractivity contribution in [3.63, 3.8) is 0 Å². The first kappa shape index (κ1) is 17.0. The molecule has 0 amide bonds. The lowest BCUT2D eigenvalue weighted by molar-refractivity contribution is 0.530. The maximum absolute atomic E-state index is 12.5. The Kier molecular flexibility index (Phi) is 5.54. The molecule has 1 saturated carbocycles.